The van der Waals surface area contributed by atoms with Gasteiger partial charge in [0.1, 0.15) is 0 Å². The third kappa shape index (κ3) is 9.87. The first kappa shape index (κ1) is 16.2. The Kier molecular flexibility index (Phi) is 10.8. The van der Waals surface area contributed by atoms with Gasteiger partial charge in [-0.25, -0.2) is 0 Å². The molecule has 77 valence electrons. The number of aliphatic carboxylic acids is 1. The van der Waals surface area contributed by atoms with E-state index in [1.165, 1.54) is 7.11 Å². The summed E-state index contributed by atoms with van der Waals surface area (Å²) < 4.78 is 4.43. The van der Waals surface area contributed by atoms with Crippen LogP contribution in [0.2, 0.25) is 0 Å². The van der Waals surface area contributed by atoms with Crippen molar-refractivity contribution >= 4 is 11.9 Å². The number of carbonyl (C=O) groups is 2. The summed E-state index contributed by atoms with van der Waals surface area (Å²) in [7, 11) is 1.32. The first-order valence-corrected chi connectivity index (χ1v) is 4.00. The van der Waals surface area contributed by atoms with Crippen LogP contribution in [0.15, 0.2) is 11.6 Å². The zero-order valence-electron chi connectivity index (χ0n) is 8.45. The van der Waals surface area contributed by atoms with Gasteiger partial charge in [-0.15, -0.1) is 0 Å². The Morgan fingerprint density at radius 1 is 1.36 bits per heavy atom. The molecule has 5 heteroatoms. The van der Waals surface area contributed by atoms with E-state index in [1.54, 1.807) is 13.0 Å². The molecule has 0 atom stereocenters. The molecule has 14 heavy (non-hydrogen) atoms. The van der Waals surface area contributed by atoms with E-state index in [0.29, 0.717) is 6.42 Å². The number of hydrogen-bond acceptors (Lipinski definition) is 3. The minimum Gasteiger partial charge on any atom is -0.481 e. The van der Waals surface area contributed by atoms with Crippen molar-refractivity contribution in [1.82, 2.24) is 0 Å². The average molecular weight is 275 g/mol. The molecule has 0 unspecified atom stereocenters. The molecule has 1 radical (unpaired) electrons. The number of ether oxygens (including phenoxy) is 1. The second-order valence-corrected chi connectivity index (χ2v) is 2.72. The molecule has 4 nitrogen and oxygen atoms in total. The van der Waals surface area contributed by atoms with Crippen molar-refractivity contribution in [2.75, 3.05) is 7.11 Å². The molecule has 1 N–H and O–H groups in total. The summed E-state index contributed by atoms with van der Waals surface area (Å²) in [5.41, 5.74) is 0.896. The van der Waals surface area contributed by atoms with Crippen LogP contribution in [0.3, 0.4) is 0 Å². The maximum atomic E-state index is 10.7. The van der Waals surface area contributed by atoms with E-state index in [4.69, 9.17) is 5.11 Å². The van der Waals surface area contributed by atoms with E-state index in [9.17, 15) is 9.59 Å². The second kappa shape index (κ2) is 9.34. The summed E-state index contributed by atoms with van der Waals surface area (Å²) in [5.74, 6) is -1.14. The second-order valence-electron chi connectivity index (χ2n) is 2.72. The predicted octanol–water partition coefficient (Wildman–Crippen LogP) is 1.36. The van der Waals surface area contributed by atoms with Crippen LogP contribution < -0.4 is 0 Å². The Labute approximate surface area is 109 Å². The number of rotatable bonds is 5. The van der Waals surface area contributed by atoms with Crippen molar-refractivity contribution in [3.63, 3.8) is 0 Å². The standard InChI is InChI=1S/C9H14O4.Y/c1-7(3-5-8(10)11)4-6-9(12)13-2;/h4H,3,5-6H2,1-2H3,(H,10,11);. The molecule has 0 heterocycles. The van der Waals surface area contributed by atoms with Crippen molar-refractivity contribution < 1.29 is 52.1 Å². The van der Waals surface area contributed by atoms with Gasteiger partial charge in [0, 0.05) is 39.1 Å². The summed E-state index contributed by atoms with van der Waals surface area (Å²) in [5, 5.41) is 8.37. The van der Waals surface area contributed by atoms with E-state index in [-0.39, 0.29) is 51.5 Å². The van der Waals surface area contributed by atoms with Gasteiger partial charge in [-0.1, -0.05) is 11.6 Å². The maximum absolute atomic E-state index is 10.7. The third-order valence-electron chi connectivity index (χ3n) is 1.58. The van der Waals surface area contributed by atoms with Crippen molar-refractivity contribution in [1.29, 1.82) is 0 Å². The van der Waals surface area contributed by atoms with Crippen LogP contribution in [0.4, 0.5) is 0 Å². The number of carboxylic acids is 1. The molecule has 0 amide bonds. The molecule has 0 aromatic heterocycles. The Balaban J connectivity index is 0. The van der Waals surface area contributed by atoms with Crippen LogP contribution in [0, 0.1) is 0 Å². The van der Waals surface area contributed by atoms with Crippen LogP contribution >= 0.6 is 0 Å². The maximum Gasteiger partial charge on any atom is 0.309 e. The summed E-state index contributed by atoms with van der Waals surface area (Å²) in [6.45, 7) is 1.80. The number of carbonyl (C=O) groups excluding carboxylic acids is 1. The molecule has 0 aliphatic heterocycles. The zero-order valence-corrected chi connectivity index (χ0v) is 11.3. The largest absolute Gasteiger partial charge is 0.481 e. The van der Waals surface area contributed by atoms with Gasteiger partial charge in [0.25, 0.3) is 0 Å². The Morgan fingerprint density at radius 2 is 1.93 bits per heavy atom. The van der Waals surface area contributed by atoms with Crippen LogP contribution in [-0.2, 0) is 47.0 Å². The summed E-state index contributed by atoms with van der Waals surface area (Å²) >= 11 is 0. The Hall–Kier alpha value is -0.216. The molecule has 0 spiro atoms. The van der Waals surface area contributed by atoms with Crippen molar-refractivity contribution in [3.8, 4) is 0 Å². The average Bonchev–Trinajstić information content (AvgIpc) is 2.10. The van der Waals surface area contributed by atoms with Crippen LogP contribution in [0.5, 0.6) is 0 Å². The molecule has 0 rings (SSSR count). The Bertz CT molecular complexity index is 223. The van der Waals surface area contributed by atoms with Gasteiger partial charge in [0.15, 0.2) is 0 Å². The van der Waals surface area contributed by atoms with Gasteiger partial charge < -0.3 is 9.84 Å². The molecule has 0 aromatic carbocycles. The molecule has 0 aliphatic carbocycles. The smallest absolute Gasteiger partial charge is 0.309 e. The van der Waals surface area contributed by atoms with Crippen molar-refractivity contribution in [2.45, 2.75) is 26.2 Å². The minimum absolute atomic E-state index is 0. The van der Waals surface area contributed by atoms with Crippen molar-refractivity contribution in [2.24, 2.45) is 0 Å². The summed E-state index contributed by atoms with van der Waals surface area (Å²) in [6, 6.07) is 0. The van der Waals surface area contributed by atoms with Gasteiger partial charge in [0.05, 0.1) is 13.5 Å². The molecule has 0 saturated carbocycles. The monoisotopic (exact) mass is 275 g/mol. The number of allylic oxidation sites excluding steroid dienone is 1. The number of hydrogen-bond donors (Lipinski definition) is 1. The fourth-order valence-corrected chi connectivity index (χ4v) is 0.747. The minimum atomic E-state index is -0.828. The van der Waals surface area contributed by atoms with Gasteiger partial charge in [-0.05, 0) is 13.3 Å². The fourth-order valence-electron chi connectivity index (χ4n) is 0.747. The number of carboxylic acid groups (broad SMARTS) is 1. The number of esters is 1. The zero-order chi connectivity index (χ0) is 10.3. The molecule has 0 saturated heterocycles. The van der Waals surface area contributed by atoms with Crippen LogP contribution in [0.25, 0.3) is 0 Å². The molecule has 0 aromatic rings. The van der Waals surface area contributed by atoms with Crippen molar-refractivity contribution in [3.05, 3.63) is 11.6 Å². The van der Waals surface area contributed by atoms with E-state index >= 15 is 0 Å². The summed E-state index contributed by atoms with van der Waals surface area (Å²) in [6.07, 6.45) is 2.48. The molecular formula is C9H14O4Y. The SMILES string of the molecule is COC(=O)CC=C(C)CCC(=O)O.[Y]. The summed E-state index contributed by atoms with van der Waals surface area (Å²) in [4.78, 5) is 20.9. The van der Waals surface area contributed by atoms with Crippen LogP contribution in [0.1, 0.15) is 26.2 Å². The molecular weight excluding hydrogens is 261 g/mol. The Morgan fingerprint density at radius 3 is 2.36 bits per heavy atom. The molecule has 0 fully saturated rings. The molecule has 0 bridgehead atoms. The van der Waals surface area contributed by atoms with E-state index in [0.717, 1.165) is 5.57 Å². The quantitative estimate of drug-likeness (QED) is 0.607. The fraction of sp³-hybridized carbons (Fsp3) is 0.556. The third-order valence-corrected chi connectivity index (χ3v) is 1.58. The first-order valence-electron chi connectivity index (χ1n) is 4.00. The topological polar surface area (TPSA) is 63.6 Å². The van der Waals surface area contributed by atoms with Gasteiger partial charge in [0.2, 0.25) is 0 Å². The molecule has 0 aliphatic rings. The normalized spacial score (nSPS) is 10.3. The van der Waals surface area contributed by atoms with E-state index < -0.39 is 5.97 Å². The van der Waals surface area contributed by atoms with Gasteiger partial charge in [-0.3, -0.25) is 9.59 Å². The number of methoxy groups -OCH3 is 1. The first-order chi connectivity index (χ1) is 6.06. The van der Waals surface area contributed by atoms with E-state index in [1.807, 2.05) is 0 Å². The van der Waals surface area contributed by atoms with E-state index in [2.05, 4.69) is 4.74 Å². The van der Waals surface area contributed by atoms with Gasteiger partial charge in [-0.2, -0.15) is 0 Å². The predicted molar refractivity (Wildman–Crippen MR) is 47.3 cm³/mol. The van der Waals surface area contributed by atoms with Gasteiger partial charge >= 0.3 is 11.9 Å². The van der Waals surface area contributed by atoms with Crippen LogP contribution in [-0.4, -0.2) is 24.2 Å².